The molecule has 0 saturated heterocycles. The fourth-order valence-electron chi connectivity index (χ4n) is 3.74. The second-order valence-electron chi connectivity index (χ2n) is 7.69. The zero-order valence-electron chi connectivity index (χ0n) is 17.7. The average molecular weight is 436 g/mol. The molecule has 2 N–H and O–H groups in total. The fraction of sp³-hybridized carbons (Fsp3) is 0.208. The molecule has 4 rings (SSSR count). The maximum atomic E-state index is 13.2. The van der Waals surface area contributed by atoms with Gasteiger partial charge in [-0.2, -0.15) is 0 Å². The summed E-state index contributed by atoms with van der Waals surface area (Å²) >= 11 is 5.98. The minimum atomic E-state index is -0.260. The van der Waals surface area contributed by atoms with Gasteiger partial charge in [-0.15, -0.1) is 0 Å². The predicted octanol–water partition coefficient (Wildman–Crippen LogP) is 5.30. The van der Waals surface area contributed by atoms with E-state index >= 15 is 0 Å². The first-order chi connectivity index (χ1) is 14.7. The molecule has 31 heavy (non-hydrogen) atoms. The van der Waals surface area contributed by atoms with Gasteiger partial charge in [0.1, 0.15) is 16.5 Å². The molecular weight excluding hydrogens is 414 g/mol. The summed E-state index contributed by atoms with van der Waals surface area (Å²) in [6.07, 6.45) is 1.54. The highest BCUT2D eigenvalue weighted by Crippen LogP contribution is 2.32. The van der Waals surface area contributed by atoms with Crippen LogP contribution in [0.1, 0.15) is 35.3 Å². The minimum absolute atomic E-state index is 0.113. The number of aromatic nitrogens is 2. The number of rotatable bonds is 4. The Kier molecular flexibility index (Phi) is 5.41. The lowest BCUT2D eigenvalue weighted by Crippen LogP contribution is -2.13. The predicted molar refractivity (Wildman–Crippen MR) is 124 cm³/mol. The number of H-pyrrole nitrogens is 1. The summed E-state index contributed by atoms with van der Waals surface area (Å²) in [6.45, 7) is 7.54. The third-order valence-electron chi connectivity index (χ3n) is 5.32. The highest BCUT2D eigenvalue weighted by Gasteiger charge is 2.19. The van der Waals surface area contributed by atoms with Gasteiger partial charge in [0, 0.05) is 29.0 Å². The number of anilines is 1. The van der Waals surface area contributed by atoms with Crippen molar-refractivity contribution in [2.24, 2.45) is 0 Å². The lowest BCUT2D eigenvalue weighted by Gasteiger charge is -2.19. The molecule has 158 valence electrons. The third kappa shape index (κ3) is 3.99. The number of hydrogen-bond acceptors (Lipinski definition) is 5. The van der Waals surface area contributed by atoms with E-state index in [0.29, 0.717) is 33.0 Å². The summed E-state index contributed by atoms with van der Waals surface area (Å²) in [5.41, 5.74) is 4.57. The van der Waals surface area contributed by atoms with Crippen LogP contribution in [-0.2, 0) is 0 Å². The van der Waals surface area contributed by atoms with E-state index < -0.39 is 0 Å². The summed E-state index contributed by atoms with van der Waals surface area (Å²) in [5.74, 6) is 0.394. The van der Waals surface area contributed by atoms with Crippen molar-refractivity contribution in [2.45, 2.75) is 33.7 Å². The van der Waals surface area contributed by atoms with Crippen molar-refractivity contribution in [2.75, 3.05) is 5.32 Å². The van der Waals surface area contributed by atoms with Crippen LogP contribution in [0.25, 0.3) is 22.3 Å². The summed E-state index contributed by atoms with van der Waals surface area (Å²) < 4.78 is 6.28. The molecule has 0 aliphatic rings. The van der Waals surface area contributed by atoms with Crippen LogP contribution in [0, 0.1) is 20.8 Å². The first-order valence-electron chi connectivity index (χ1n) is 9.91. The Morgan fingerprint density at radius 2 is 1.87 bits per heavy atom. The van der Waals surface area contributed by atoms with Gasteiger partial charge in [0.2, 0.25) is 5.56 Å². The molecule has 0 bridgehead atoms. The van der Waals surface area contributed by atoms with Crippen molar-refractivity contribution >= 4 is 28.3 Å². The maximum absolute atomic E-state index is 13.2. The van der Waals surface area contributed by atoms with Crippen LogP contribution in [0.2, 0.25) is 5.15 Å². The number of nitrogens with one attached hydrogen (secondary N) is 2. The molecule has 3 heterocycles. The van der Waals surface area contributed by atoms with Crippen molar-refractivity contribution < 1.29 is 4.42 Å². The van der Waals surface area contributed by atoms with Gasteiger partial charge in [-0.1, -0.05) is 17.7 Å². The molecule has 3 aromatic heterocycles. The Balaban J connectivity index is 1.90. The van der Waals surface area contributed by atoms with Gasteiger partial charge >= 0.3 is 0 Å². The molecule has 0 radical (unpaired) electrons. The molecule has 1 unspecified atom stereocenters. The molecule has 0 spiro atoms. The van der Waals surface area contributed by atoms with Crippen molar-refractivity contribution in [3.63, 3.8) is 0 Å². The monoisotopic (exact) mass is 435 g/mol. The highest BCUT2D eigenvalue weighted by atomic mass is 35.5. The van der Waals surface area contributed by atoms with E-state index in [1.807, 2.05) is 39.0 Å². The Morgan fingerprint density at radius 1 is 1.10 bits per heavy atom. The number of aryl methyl sites for hydroxylation is 2. The first-order valence-corrected chi connectivity index (χ1v) is 10.3. The molecule has 1 aromatic carbocycles. The highest BCUT2D eigenvalue weighted by molar-refractivity contribution is 6.29. The molecule has 0 aliphatic carbocycles. The van der Waals surface area contributed by atoms with Crippen molar-refractivity contribution in [3.05, 3.63) is 90.7 Å². The quantitative estimate of drug-likeness (QED) is 0.425. The molecule has 1 atom stereocenters. The molecule has 0 saturated carbocycles. The molecule has 6 nitrogen and oxygen atoms in total. The lowest BCUT2D eigenvalue weighted by molar-refractivity contribution is 0.605. The van der Waals surface area contributed by atoms with Gasteiger partial charge in [0.05, 0.1) is 22.8 Å². The Bertz CT molecular complexity index is 1420. The second kappa shape index (κ2) is 8.04. The van der Waals surface area contributed by atoms with Gasteiger partial charge in [0.15, 0.2) is 5.43 Å². The van der Waals surface area contributed by atoms with E-state index in [2.05, 4.69) is 15.3 Å². The van der Waals surface area contributed by atoms with Gasteiger partial charge in [-0.05, 0) is 57.5 Å². The number of aromatic amines is 1. The third-order valence-corrected chi connectivity index (χ3v) is 5.53. The van der Waals surface area contributed by atoms with E-state index in [1.54, 1.807) is 19.1 Å². The number of benzene rings is 1. The van der Waals surface area contributed by atoms with E-state index in [-0.39, 0.29) is 17.0 Å². The van der Waals surface area contributed by atoms with Crippen molar-refractivity contribution in [1.29, 1.82) is 0 Å². The van der Waals surface area contributed by atoms with E-state index in [1.165, 1.54) is 12.3 Å². The van der Waals surface area contributed by atoms with Crippen LogP contribution >= 0.6 is 11.6 Å². The molecule has 4 aromatic rings. The zero-order valence-corrected chi connectivity index (χ0v) is 18.4. The van der Waals surface area contributed by atoms with Crippen LogP contribution in [0.3, 0.4) is 0 Å². The van der Waals surface area contributed by atoms with Gasteiger partial charge in [0.25, 0.3) is 0 Å². The summed E-state index contributed by atoms with van der Waals surface area (Å²) in [4.78, 5) is 31.9. The Hall–Kier alpha value is -3.38. The number of pyridine rings is 2. The molecule has 0 aliphatic heterocycles. The van der Waals surface area contributed by atoms with Gasteiger partial charge in [-0.25, -0.2) is 4.98 Å². The minimum Gasteiger partial charge on any atom is -0.455 e. The Labute approximate surface area is 183 Å². The largest absolute Gasteiger partial charge is 0.455 e. The number of halogens is 1. The topological polar surface area (TPSA) is 88.0 Å². The SMILES string of the molecule is Cc1cc(C(C)Nc2ccc(Cl)nc2C)c2oc(-c3cc[nH]c(=O)c3)c(C)c(=O)c2c1. The molecule has 0 fully saturated rings. The second-order valence-corrected chi connectivity index (χ2v) is 8.08. The lowest BCUT2D eigenvalue weighted by atomic mass is 9.99. The number of fused-ring (bicyclic) bond motifs is 1. The van der Waals surface area contributed by atoms with Crippen molar-refractivity contribution in [3.8, 4) is 11.3 Å². The summed E-state index contributed by atoms with van der Waals surface area (Å²) in [6, 6.07) is 10.4. The molecular formula is C24H22ClN3O3. The molecule has 7 heteroatoms. The van der Waals surface area contributed by atoms with Crippen LogP contribution in [-0.4, -0.2) is 9.97 Å². The summed E-state index contributed by atoms with van der Waals surface area (Å²) in [7, 11) is 0. The van der Waals surface area contributed by atoms with Crippen LogP contribution in [0.4, 0.5) is 5.69 Å². The van der Waals surface area contributed by atoms with Crippen molar-refractivity contribution in [1.82, 2.24) is 9.97 Å². The van der Waals surface area contributed by atoms with Gasteiger partial charge in [-0.3, -0.25) is 9.59 Å². The van der Waals surface area contributed by atoms with Crippen LogP contribution < -0.4 is 16.3 Å². The zero-order chi connectivity index (χ0) is 22.3. The number of nitrogens with zero attached hydrogens (tertiary/aromatic N) is 1. The average Bonchev–Trinajstić information content (AvgIpc) is 2.72. The van der Waals surface area contributed by atoms with E-state index in [9.17, 15) is 9.59 Å². The standard InChI is InChI=1S/C24H22ClN3O3/c1-12-9-17(14(3)27-19-5-6-20(25)28-15(19)4)24-18(10-12)22(30)13(2)23(31-24)16-7-8-26-21(29)11-16/h5-11,14,27H,1-4H3,(H,26,29). The van der Waals surface area contributed by atoms with Gasteiger partial charge < -0.3 is 14.7 Å². The van der Waals surface area contributed by atoms with Crippen LogP contribution in [0.5, 0.6) is 0 Å². The smallest absolute Gasteiger partial charge is 0.248 e. The van der Waals surface area contributed by atoms with E-state index in [0.717, 1.165) is 22.5 Å². The normalized spacial score (nSPS) is 12.2. The summed E-state index contributed by atoms with van der Waals surface area (Å²) in [5, 5.41) is 4.38. The fourth-order valence-corrected chi connectivity index (χ4v) is 3.93. The van der Waals surface area contributed by atoms with Crippen LogP contribution in [0.15, 0.2) is 56.6 Å². The Morgan fingerprint density at radius 3 is 2.58 bits per heavy atom. The number of hydrogen-bond donors (Lipinski definition) is 2. The first kappa shape index (κ1) is 20.9. The molecule has 0 amide bonds. The van der Waals surface area contributed by atoms with E-state index in [4.69, 9.17) is 16.0 Å². The maximum Gasteiger partial charge on any atom is 0.248 e.